The van der Waals surface area contributed by atoms with Crippen molar-refractivity contribution in [3.05, 3.63) is 23.4 Å². The molecule has 1 aliphatic rings. The Kier molecular flexibility index (Phi) is 6.27. The number of aryl methyl sites for hydroxylation is 1. The highest BCUT2D eigenvalue weighted by Gasteiger charge is 2.20. The van der Waals surface area contributed by atoms with E-state index in [9.17, 15) is 0 Å². The van der Waals surface area contributed by atoms with Crippen molar-refractivity contribution >= 4 is 0 Å². The average Bonchev–Trinajstić information content (AvgIpc) is 3.26. The van der Waals surface area contributed by atoms with E-state index in [1.165, 1.54) is 18.4 Å². The van der Waals surface area contributed by atoms with Crippen LogP contribution in [-0.2, 0) is 11.3 Å². The lowest BCUT2D eigenvalue weighted by Gasteiger charge is -2.10. The van der Waals surface area contributed by atoms with E-state index < -0.39 is 0 Å². The molecule has 0 saturated heterocycles. The largest absolute Gasteiger partial charge is 0.475 e. The van der Waals surface area contributed by atoms with Crippen LogP contribution >= 0.6 is 0 Å². The van der Waals surface area contributed by atoms with Crippen molar-refractivity contribution in [1.29, 1.82) is 0 Å². The zero-order valence-corrected chi connectivity index (χ0v) is 12.7. The van der Waals surface area contributed by atoms with Crippen molar-refractivity contribution in [3.63, 3.8) is 0 Å². The molecule has 1 heterocycles. The van der Waals surface area contributed by atoms with Gasteiger partial charge in [-0.2, -0.15) is 0 Å². The van der Waals surface area contributed by atoms with E-state index in [4.69, 9.17) is 9.47 Å². The number of pyridine rings is 1. The number of ether oxygens (including phenoxy) is 2. The van der Waals surface area contributed by atoms with Gasteiger partial charge in [0, 0.05) is 31.0 Å². The topological polar surface area (TPSA) is 43.4 Å². The molecule has 0 radical (unpaired) electrons. The van der Waals surface area contributed by atoms with Gasteiger partial charge in [-0.05, 0) is 31.7 Å². The molecule has 4 nitrogen and oxygen atoms in total. The van der Waals surface area contributed by atoms with E-state index in [0.717, 1.165) is 37.7 Å². The number of hydrogen-bond acceptors (Lipinski definition) is 4. The van der Waals surface area contributed by atoms with Gasteiger partial charge in [0.15, 0.2) is 0 Å². The second-order valence-corrected chi connectivity index (χ2v) is 5.36. The number of hydrogen-bond donors (Lipinski definition) is 1. The zero-order chi connectivity index (χ0) is 14.2. The maximum Gasteiger partial charge on any atom is 0.213 e. The lowest BCUT2D eigenvalue weighted by atomic mass is 10.2. The third-order valence-electron chi connectivity index (χ3n) is 3.45. The molecule has 112 valence electrons. The lowest BCUT2D eigenvalue weighted by Crippen LogP contribution is -2.16. The first-order valence-electron chi connectivity index (χ1n) is 7.70. The molecule has 1 aromatic heterocycles. The van der Waals surface area contributed by atoms with Gasteiger partial charge in [0.2, 0.25) is 5.88 Å². The zero-order valence-electron chi connectivity index (χ0n) is 12.7. The summed E-state index contributed by atoms with van der Waals surface area (Å²) in [6, 6.07) is 4.78. The van der Waals surface area contributed by atoms with Gasteiger partial charge in [-0.15, -0.1) is 0 Å². The third-order valence-corrected chi connectivity index (χ3v) is 3.45. The molecule has 0 aliphatic heterocycles. The summed E-state index contributed by atoms with van der Waals surface area (Å²) in [6.07, 6.45) is 4.90. The molecule has 4 heteroatoms. The van der Waals surface area contributed by atoms with Gasteiger partial charge in [-0.3, -0.25) is 0 Å². The van der Waals surface area contributed by atoms with Crippen LogP contribution in [-0.4, -0.2) is 30.8 Å². The number of nitrogens with one attached hydrogen (secondary N) is 1. The van der Waals surface area contributed by atoms with Crippen LogP contribution in [0.5, 0.6) is 5.88 Å². The van der Waals surface area contributed by atoms with Gasteiger partial charge in [-0.1, -0.05) is 19.4 Å². The van der Waals surface area contributed by atoms with Crippen molar-refractivity contribution in [2.24, 2.45) is 0 Å². The van der Waals surface area contributed by atoms with Crippen LogP contribution in [0.15, 0.2) is 12.1 Å². The second-order valence-electron chi connectivity index (χ2n) is 5.36. The molecule has 0 aromatic carbocycles. The second kappa shape index (κ2) is 8.22. The molecule has 1 aliphatic carbocycles. The molecule has 1 aromatic rings. The molecule has 1 fully saturated rings. The van der Waals surface area contributed by atoms with Gasteiger partial charge in [0.1, 0.15) is 6.61 Å². The highest BCUT2D eigenvalue weighted by molar-refractivity contribution is 5.25. The highest BCUT2D eigenvalue weighted by atomic mass is 16.5. The smallest absolute Gasteiger partial charge is 0.213 e. The Labute approximate surface area is 121 Å². The Morgan fingerprint density at radius 2 is 2.10 bits per heavy atom. The van der Waals surface area contributed by atoms with Crippen LogP contribution in [0.3, 0.4) is 0 Å². The Balaban J connectivity index is 1.67. The first-order chi connectivity index (χ1) is 9.79. The number of nitrogens with zero attached hydrogens (tertiary/aromatic N) is 1. The van der Waals surface area contributed by atoms with E-state index in [0.29, 0.717) is 19.1 Å². The monoisotopic (exact) mass is 278 g/mol. The maximum atomic E-state index is 5.60. The van der Waals surface area contributed by atoms with E-state index in [1.54, 1.807) is 0 Å². The summed E-state index contributed by atoms with van der Waals surface area (Å²) in [6.45, 7) is 7.12. The van der Waals surface area contributed by atoms with Crippen molar-refractivity contribution in [1.82, 2.24) is 10.3 Å². The fourth-order valence-corrected chi connectivity index (χ4v) is 1.93. The van der Waals surface area contributed by atoms with E-state index in [2.05, 4.69) is 23.3 Å². The predicted molar refractivity (Wildman–Crippen MR) is 80.1 cm³/mol. The van der Waals surface area contributed by atoms with Crippen molar-refractivity contribution in [3.8, 4) is 5.88 Å². The molecule has 0 unspecified atom stereocenters. The minimum Gasteiger partial charge on any atom is -0.475 e. The first kappa shape index (κ1) is 15.3. The quantitative estimate of drug-likeness (QED) is 0.668. The summed E-state index contributed by atoms with van der Waals surface area (Å²) in [5.41, 5.74) is 2.30. The van der Waals surface area contributed by atoms with Gasteiger partial charge >= 0.3 is 0 Å². The Morgan fingerprint density at radius 1 is 1.25 bits per heavy atom. The molecule has 1 N–H and O–H groups in total. The van der Waals surface area contributed by atoms with Gasteiger partial charge in [0.05, 0.1) is 6.61 Å². The molecule has 20 heavy (non-hydrogen) atoms. The van der Waals surface area contributed by atoms with Crippen molar-refractivity contribution in [2.75, 3.05) is 19.8 Å². The highest BCUT2D eigenvalue weighted by Crippen LogP contribution is 2.20. The Morgan fingerprint density at radius 3 is 2.80 bits per heavy atom. The Bertz CT molecular complexity index is 405. The average molecular weight is 278 g/mol. The van der Waals surface area contributed by atoms with Crippen molar-refractivity contribution in [2.45, 2.75) is 52.1 Å². The standard InChI is InChI=1S/C16H26N2O2/c1-3-4-9-19-10-11-20-16-8-5-14(13(2)18-16)12-17-15-6-7-15/h5,8,15,17H,3-4,6-7,9-12H2,1-2H3. The van der Waals surface area contributed by atoms with Crippen LogP contribution in [0.4, 0.5) is 0 Å². The maximum absolute atomic E-state index is 5.60. The van der Waals surface area contributed by atoms with Crippen LogP contribution in [0.25, 0.3) is 0 Å². The number of unbranched alkanes of at least 4 members (excludes halogenated alkanes) is 1. The lowest BCUT2D eigenvalue weighted by molar-refractivity contribution is 0.0964. The summed E-state index contributed by atoms with van der Waals surface area (Å²) in [4.78, 5) is 4.49. The van der Waals surface area contributed by atoms with Crippen LogP contribution in [0.2, 0.25) is 0 Å². The van der Waals surface area contributed by atoms with E-state index in [1.807, 2.05) is 13.0 Å². The number of aromatic nitrogens is 1. The number of rotatable bonds is 10. The van der Waals surface area contributed by atoms with E-state index >= 15 is 0 Å². The summed E-state index contributed by atoms with van der Waals surface area (Å²) in [7, 11) is 0. The third kappa shape index (κ3) is 5.47. The normalized spacial score (nSPS) is 14.5. The van der Waals surface area contributed by atoms with Crippen LogP contribution in [0.1, 0.15) is 43.9 Å². The van der Waals surface area contributed by atoms with Crippen LogP contribution < -0.4 is 10.1 Å². The summed E-state index contributed by atoms with van der Waals surface area (Å²) in [5.74, 6) is 0.691. The fourth-order valence-electron chi connectivity index (χ4n) is 1.93. The van der Waals surface area contributed by atoms with Gasteiger partial charge < -0.3 is 14.8 Å². The molecule has 2 rings (SSSR count). The molecule has 0 atom stereocenters. The molecule has 1 saturated carbocycles. The molecule has 0 spiro atoms. The predicted octanol–water partition coefficient (Wildman–Crippen LogP) is 2.84. The molecule has 0 bridgehead atoms. The summed E-state index contributed by atoms with van der Waals surface area (Å²) >= 11 is 0. The summed E-state index contributed by atoms with van der Waals surface area (Å²) in [5, 5.41) is 3.50. The van der Waals surface area contributed by atoms with Gasteiger partial charge in [-0.25, -0.2) is 4.98 Å². The van der Waals surface area contributed by atoms with Gasteiger partial charge in [0.25, 0.3) is 0 Å². The molecule has 0 amide bonds. The molecular formula is C16H26N2O2. The SMILES string of the molecule is CCCCOCCOc1ccc(CNC2CC2)c(C)n1. The minimum atomic E-state index is 0.565. The first-order valence-corrected chi connectivity index (χ1v) is 7.70. The fraction of sp³-hybridized carbons (Fsp3) is 0.688. The molecular weight excluding hydrogens is 252 g/mol. The van der Waals surface area contributed by atoms with Crippen LogP contribution in [0, 0.1) is 6.92 Å². The van der Waals surface area contributed by atoms with E-state index in [-0.39, 0.29) is 0 Å². The minimum absolute atomic E-state index is 0.565. The van der Waals surface area contributed by atoms with Crippen molar-refractivity contribution < 1.29 is 9.47 Å². The Hall–Kier alpha value is -1.13. The summed E-state index contributed by atoms with van der Waals surface area (Å²) < 4.78 is 11.1.